The Labute approximate surface area is 99.3 Å². The van der Waals surface area contributed by atoms with Gasteiger partial charge in [0.25, 0.3) is 5.56 Å². The topological polar surface area (TPSA) is 86.3 Å². The summed E-state index contributed by atoms with van der Waals surface area (Å²) < 4.78 is 0. The van der Waals surface area contributed by atoms with E-state index in [1.54, 1.807) is 11.9 Å². The van der Waals surface area contributed by atoms with Crippen LogP contribution >= 0.6 is 0 Å². The van der Waals surface area contributed by atoms with Gasteiger partial charge in [0, 0.05) is 32.5 Å². The summed E-state index contributed by atoms with van der Waals surface area (Å²) in [5.41, 5.74) is -0.183. The number of aliphatic carboxylic acids is 1. The summed E-state index contributed by atoms with van der Waals surface area (Å²) in [7, 11) is 1.79. The lowest BCUT2D eigenvalue weighted by molar-refractivity contribution is -0.137. The van der Waals surface area contributed by atoms with E-state index in [9.17, 15) is 9.59 Å². The molecule has 17 heavy (non-hydrogen) atoms. The third kappa shape index (κ3) is 4.26. The minimum Gasteiger partial charge on any atom is -0.481 e. The minimum absolute atomic E-state index is 0.119. The molecule has 1 heterocycles. The molecule has 6 nitrogen and oxygen atoms in total. The van der Waals surface area contributed by atoms with E-state index < -0.39 is 5.97 Å². The van der Waals surface area contributed by atoms with Crippen molar-refractivity contribution in [3.05, 3.63) is 22.2 Å². The van der Waals surface area contributed by atoms with Crippen molar-refractivity contribution in [2.24, 2.45) is 0 Å². The molecule has 94 valence electrons. The number of carboxylic acid groups (broad SMARTS) is 1. The van der Waals surface area contributed by atoms with Crippen molar-refractivity contribution < 1.29 is 9.90 Å². The third-order valence-corrected chi connectivity index (χ3v) is 2.39. The van der Waals surface area contributed by atoms with Gasteiger partial charge in [0.05, 0.1) is 0 Å². The molecular formula is C11H17N3O3. The number of hydrogen-bond acceptors (Lipinski definition) is 4. The van der Waals surface area contributed by atoms with Gasteiger partial charge in [0.15, 0.2) is 0 Å². The van der Waals surface area contributed by atoms with Gasteiger partial charge in [0.2, 0.25) is 0 Å². The molecule has 0 aliphatic carbocycles. The lowest BCUT2D eigenvalue weighted by Crippen LogP contribution is -2.23. The molecule has 0 spiro atoms. The Morgan fingerprint density at radius 2 is 2.29 bits per heavy atom. The standard InChI is InChI=1S/C11H17N3O3/c1-3-8-12-9(7-10(15)13-8)14(2)6-4-5-11(16)17/h7H,3-6H2,1-2H3,(H,16,17)(H,12,13,15). The molecule has 1 aromatic rings. The van der Waals surface area contributed by atoms with Gasteiger partial charge in [-0.25, -0.2) is 4.98 Å². The van der Waals surface area contributed by atoms with Crippen molar-refractivity contribution in [1.82, 2.24) is 9.97 Å². The number of nitrogens with one attached hydrogen (secondary N) is 1. The zero-order chi connectivity index (χ0) is 12.8. The molecule has 0 unspecified atom stereocenters. The van der Waals surface area contributed by atoms with Crippen LogP contribution in [0.15, 0.2) is 10.9 Å². The molecule has 0 radical (unpaired) electrons. The Morgan fingerprint density at radius 1 is 1.59 bits per heavy atom. The molecule has 1 rings (SSSR count). The lowest BCUT2D eigenvalue weighted by atomic mass is 10.3. The highest BCUT2D eigenvalue weighted by atomic mass is 16.4. The zero-order valence-corrected chi connectivity index (χ0v) is 10.1. The maximum Gasteiger partial charge on any atom is 0.303 e. The number of hydrogen-bond donors (Lipinski definition) is 2. The fourth-order valence-corrected chi connectivity index (χ4v) is 1.44. The van der Waals surface area contributed by atoms with Crippen LogP contribution < -0.4 is 10.5 Å². The van der Waals surface area contributed by atoms with E-state index in [1.165, 1.54) is 6.07 Å². The van der Waals surface area contributed by atoms with Crippen molar-refractivity contribution in [3.8, 4) is 0 Å². The normalized spacial score (nSPS) is 10.2. The third-order valence-electron chi connectivity index (χ3n) is 2.39. The smallest absolute Gasteiger partial charge is 0.303 e. The average molecular weight is 239 g/mol. The number of aryl methyl sites for hydroxylation is 1. The average Bonchev–Trinajstić information content (AvgIpc) is 2.27. The van der Waals surface area contributed by atoms with E-state index in [-0.39, 0.29) is 12.0 Å². The summed E-state index contributed by atoms with van der Waals surface area (Å²) in [6.07, 6.45) is 1.31. The maximum absolute atomic E-state index is 11.3. The number of nitrogens with zero attached hydrogens (tertiary/aromatic N) is 2. The van der Waals surface area contributed by atoms with Gasteiger partial charge >= 0.3 is 5.97 Å². The van der Waals surface area contributed by atoms with E-state index >= 15 is 0 Å². The first-order valence-electron chi connectivity index (χ1n) is 5.56. The molecule has 0 aliphatic heterocycles. The first-order chi connectivity index (χ1) is 8.02. The molecule has 0 atom stereocenters. The number of aromatic nitrogens is 2. The van der Waals surface area contributed by atoms with Crippen LogP contribution in [0.1, 0.15) is 25.6 Å². The van der Waals surface area contributed by atoms with Crippen LogP contribution in [-0.4, -0.2) is 34.6 Å². The van der Waals surface area contributed by atoms with Crippen molar-refractivity contribution in [2.45, 2.75) is 26.2 Å². The molecule has 1 aromatic heterocycles. The van der Waals surface area contributed by atoms with Crippen molar-refractivity contribution in [1.29, 1.82) is 0 Å². The van der Waals surface area contributed by atoms with E-state index in [0.717, 1.165) is 0 Å². The number of rotatable bonds is 6. The van der Waals surface area contributed by atoms with Crippen molar-refractivity contribution in [3.63, 3.8) is 0 Å². The molecule has 0 aliphatic rings. The molecular weight excluding hydrogens is 222 g/mol. The van der Waals surface area contributed by atoms with Gasteiger partial charge in [-0.05, 0) is 6.42 Å². The summed E-state index contributed by atoms with van der Waals surface area (Å²) in [6.45, 7) is 2.47. The number of carboxylic acids is 1. The molecule has 0 bridgehead atoms. The van der Waals surface area contributed by atoms with Gasteiger partial charge < -0.3 is 15.0 Å². The molecule has 0 aromatic carbocycles. The van der Waals surface area contributed by atoms with Crippen LogP contribution in [0.5, 0.6) is 0 Å². The molecule has 0 saturated carbocycles. The Balaban J connectivity index is 2.68. The van der Waals surface area contributed by atoms with E-state index in [2.05, 4.69) is 9.97 Å². The Hall–Kier alpha value is -1.85. The Bertz CT molecular complexity index is 442. The predicted molar refractivity (Wildman–Crippen MR) is 64.4 cm³/mol. The second kappa shape index (κ2) is 6.03. The fourth-order valence-electron chi connectivity index (χ4n) is 1.44. The minimum atomic E-state index is -0.813. The second-order valence-electron chi connectivity index (χ2n) is 3.82. The fraction of sp³-hybridized carbons (Fsp3) is 0.545. The van der Waals surface area contributed by atoms with E-state index in [4.69, 9.17) is 5.11 Å². The highest BCUT2D eigenvalue weighted by Gasteiger charge is 2.06. The van der Waals surface area contributed by atoms with Gasteiger partial charge in [0.1, 0.15) is 11.6 Å². The number of aromatic amines is 1. The van der Waals surface area contributed by atoms with E-state index in [1.807, 2.05) is 6.92 Å². The summed E-state index contributed by atoms with van der Waals surface area (Å²) in [5.74, 6) is 0.403. The molecule has 6 heteroatoms. The zero-order valence-electron chi connectivity index (χ0n) is 10.1. The van der Waals surface area contributed by atoms with Crippen LogP contribution in [0.2, 0.25) is 0 Å². The second-order valence-corrected chi connectivity index (χ2v) is 3.82. The van der Waals surface area contributed by atoms with Gasteiger partial charge in [-0.3, -0.25) is 9.59 Å². The molecule has 0 fully saturated rings. The lowest BCUT2D eigenvalue weighted by Gasteiger charge is -2.17. The van der Waals surface area contributed by atoms with Gasteiger partial charge in [-0.1, -0.05) is 6.92 Å². The largest absolute Gasteiger partial charge is 0.481 e. The van der Waals surface area contributed by atoms with Crippen LogP contribution in [0.4, 0.5) is 5.82 Å². The van der Waals surface area contributed by atoms with Crippen LogP contribution in [0.3, 0.4) is 0 Å². The summed E-state index contributed by atoms with van der Waals surface area (Å²) >= 11 is 0. The quantitative estimate of drug-likeness (QED) is 0.760. The summed E-state index contributed by atoms with van der Waals surface area (Å²) in [6, 6.07) is 1.42. The monoisotopic (exact) mass is 239 g/mol. The first kappa shape index (κ1) is 13.2. The molecule has 0 amide bonds. The molecule has 0 saturated heterocycles. The predicted octanol–water partition coefficient (Wildman–Crippen LogP) is 0.633. The van der Waals surface area contributed by atoms with Gasteiger partial charge in [-0.2, -0.15) is 0 Å². The summed E-state index contributed by atoms with van der Waals surface area (Å²) in [4.78, 5) is 30.4. The maximum atomic E-state index is 11.3. The Kier molecular flexibility index (Phi) is 4.68. The highest BCUT2D eigenvalue weighted by molar-refractivity contribution is 5.66. The molecule has 2 N–H and O–H groups in total. The van der Waals surface area contributed by atoms with Gasteiger partial charge in [-0.15, -0.1) is 0 Å². The Morgan fingerprint density at radius 3 is 2.88 bits per heavy atom. The SMILES string of the molecule is CCc1nc(N(C)CCCC(=O)O)cc(=O)[nH]1. The van der Waals surface area contributed by atoms with Crippen LogP contribution in [0, 0.1) is 0 Å². The number of carbonyl (C=O) groups is 1. The van der Waals surface area contributed by atoms with Crippen molar-refractivity contribution >= 4 is 11.8 Å². The first-order valence-corrected chi connectivity index (χ1v) is 5.56. The van der Waals surface area contributed by atoms with E-state index in [0.29, 0.717) is 31.0 Å². The van der Waals surface area contributed by atoms with Crippen LogP contribution in [0.25, 0.3) is 0 Å². The highest BCUT2D eigenvalue weighted by Crippen LogP contribution is 2.07. The number of H-pyrrole nitrogens is 1. The number of anilines is 1. The van der Waals surface area contributed by atoms with Crippen molar-refractivity contribution in [2.75, 3.05) is 18.5 Å². The summed E-state index contributed by atoms with van der Waals surface area (Å²) in [5, 5.41) is 8.53. The van der Waals surface area contributed by atoms with Crippen LogP contribution in [-0.2, 0) is 11.2 Å².